The highest BCUT2D eigenvalue weighted by molar-refractivity contribution is 5.87. The number of aromatic carboxylic acids is 1. The summed E-state index contributed by atoms with van der Waals surface area (Å²) in [6, 6.07) is 18.0. The molecule has 1 fully saturated rings. The molecule has 1 atom stereocenters. The molecule has 0 radical (unpaired) electrons. The number of rotatable bonds is 4. The first-order chi connectivity index (χ1) is 16.0. The number of piperazine rings is 1. The van der Waals surface area contributed by atoms with Gasteiger partial charge in [-0.25, -0.2) is 9.59 Å². The SMILES string of the molecule is CN1CCN(C(=O)OCC2c3ccccc3-c3ccccc32)CC1c1cncc(C(=O)O)c1. The molecule has 1 aliphatic carbocycles. The number of benzene rings is 2. The summed E-state index contributed by atoms with van der Waals surface area (Å²) in [6.07, 6.45) is 2.64. The second-order valence-electron chi connectivity index (χ2n) is 8.56. The molecule has 2 heterocycles. The van der Waals surface area contributed by atoms with Crippen LogP contribution in [0.3, 0.4) is 0 Å². The first-order valence-corrected chi connectivity index (χ1v) is 11.0. The van der Waals surface area contributed by atoms with Gasteiger partial charge in [-0.3, -0.25) is 9.88 Å². The minimum atomic E-state index is -1.02. The molecule has 1 aromatic heterocycles. The van der Waals surface area contributed by atoms with E-state index in [1.165, 1.54) is 28.5 Å². The van der Waals surface area contributed by atoms with Crippen molar-refractivity contribution in [2.75, 3.05) is 33.3 Å². The molecular formula is C26H25N3O4. The van der Waals surface area contributed by atoms with Gasteiger partial charge < -0.3 is 14.7 Å². The highest BCUT2D eigenvalue weighted by atomic mass is 16.6. The first kappa shape index (κ1) is 21.2. The number of carbonyl (C=O) groups excluding carboxylic acids is 1. The number of carboxylic acid groups (broad SMARTS) is 1. The van der Waals surface area contributed by atoms with Crippen molar-refractivity contribution < 1.29 is 19.4 Å². The van der Waals surface area contributed by atoms with Crippen molar-refractivity contribution in [2.45, 2.75) is 12.0 Å². The van der Waals surface area contributed by atoms with Crippen molar-refractivity contribution in [3.05, 3.63) is 89.2 Å². The van der Waals surface area contributed by atoms with Crippen molar-refractivity contribution in [3.8, 4) is 11.1 Å². The number of pyridine rings is 1. The summed E-state index contributed by atoms with van der Waals surface area (Å²) in [4.78, 5) is 32.2. The fourth-order valence-electron chi connectivity index (χ4n) is 4.84. The summed E-state index contributed by atoms with van der Waals surface area (Å²) in [5.41, 5.74) is 5.66. The van der Waals surface area contributed by atoms with E-state index in [4.69, 9.17) is 4.74 Å². The Morgan fingerprint density at radius 2 is 1.70 bits per heavy atom. The van der Waals surface area contributed by atoms with Crippen LogP contribution in [0.5, 0.6) is 0 Å². The Balaban J connectivity index is 1.30. The highest BCUT2D eigenvalue weighted by Crippen LogP contribution is 2.44. The van der Waals surface area contributed by atoms with Crippen LogP contribution in [-0.4, -0.2) is 65.2 Å². The van der Waals surface area contributed by atoms with E-state index in [9.17, 15) is 14.7 Å². The van der Waals surface area contributed by atoms with Gasteiger partial charge in [-0.2, -0.15) is 0 Å². The summed E-state index contributed by atoms with van der Waals surface area (Å²) in [5, 5.41) is 9.29. The minimum absolute atomic E-state index is 0.0149. The number of nitrogens with zero attached hydrogens (tertiary/aromatic N) is 3. The fraction of sp³-hybridized carbons (Fsp3) is 0.269. The Morgan fingerprint density at radius 1 is 1.03 bits per heavy atom. The zero-order chi connectivity index (χ0) is 22.9. The molecular weight excluding hydrogens is 418 g/mol. The molecule has 2 aromatic carbocycles. The lowest BCUT2D eigenvalue weighted by atomic mass is 9.98. The van der Waals surface area contributed by atoms with E-state index >= 15 is 0 Å². The maximum Gasteiger partial charge on any atom is 0.409 e. The number of carboxylic acids is 1. The minimum Gasteiger partial charge on any atom is -0.478 e. The van der Waals surface area contributed by atoms with Gasteiger partial charge in [-0.05, 0) is 40.9 Å². The van der Waals surface area contributed by atoms with Crippen LogP contribution in [0.1, 0.15) is 39.0 Å². The summed E-state index contributed by atoms with van der Waals surface area (Å²) < 4.78 is 5.82. The zero-order valence-corrected chi connectivity index (χ0v) is 18.3. The molecule has 1 aliphatic heterocycles. The predicted octanol–water partition coefficient (Wildman–Crippen LogP) is 4.02. The summed E-state index contributed by atoms with van der Waals surface area (Å²) in [7, 11) is 1.97. The van der Waals surface area contributed by atoms with E-state index in [1.807, 2.05) is 31.3 Å². The molecule has 0 spiro atoms. The third kappa shape index (κ3) is 3.96. The van der Waals surface area contributed by atoms with Gasteiger partial charge in [0, 0.05) is 37.9 Å². The van der Waals surface area contributed by atoms with Crippen LogP contribution in [-0.2, 0) is 4.74 Å². The van der Waals surface area contributed by atoms with E-state index in [-0.39, 0.29) is 30.2 Å². The molecule has 1 unspecified atom stereocenters. The number of aromatic nitrogens is 1. The second kappa shape index (κ2) is 8.67. The van der Waals surface area contributed by atoms with Crippen molar-refractivity contribution >= 4 is 12.1 Å². The quantitative estimate of drug-likeness (QED) is 0.656. The largest absolute Gasteiger partial charge is 0.478 e. The van der Waals surface area contributed by atoms with Gasteiger partial charge in [0.25, 0.3) is 0 Å². The second-order valence-corrected chi connectivity index (χ2v) is 8.56. The van der Waals surface area contributed by atoms with Crippen LogP contribution in [0, 0.1) is 0 Å². The van der Waals surface area contributed by atoms with E-state index < -0.39 is 5.97 Å². The van der Waals surface area contributed by atoms with Gasteiger partial charge in [0.05, 0.1) is 11.6 Å². The number of hydrogen-bond donors (Lipinski definition) is 1. The molecule has 0 bridgehead atoms. The molecule has 5 rings (SSSR count). The Hall–Kier alpha value is -3.71. The lowest BCUT2D eigenvalue weighted by molar-refractivity contribution is 0.0584. The molecule has 33 heavy (non-hydrogen) atoms. The van der Waals surface area contributed by atoms with E-state index in [1.54, 1.807) is 17.2 Å². The van der Waals surface area contributed by atoms with Crippen molar-refractivity contribution in [1.29, 1.82) is 0 Å². The average molecular weight is 444 g/mol. The van der Waals surface area contributed by atoms with Gasteiger partial charge in [0.2, 0.25) is 0 Å². The van der Waals surface area contributed by atoms with Gasteiger partial charge in [0.15, 0.2) is 0 Å². The molecule has 7 nitrogen and oxygen atoms in total. The normalized spacial score (nSPS) is 18.0. The number of ether oxygens (including phenoxy) is 1. The topological polar surface area (TPSA) is 83.0 Å². The van der Waals surface area contributed by atoms with Crippen molar-refractivity contribution in [1.82, 2.24) is 14.8 Å². The Bertz CT molecular complexity index is 1170. The summed E-state index contributed by atoms with van der Waals surface area (Å²) in [6.45, 7) is 1.90. The third-order valence-electron chi connectivity index (χ3n) is 6.63. The molecule has 2 aliphatic rings. The third-order valence-corrected chi connectivity index (χ3v) is 6.63. The monoisotopic (exact) mass is 443 g/mol. The Kier molecular flexibility index (Phi) is 5.56. The number of hydrogen-bond acceptors (Lipinski definition) is 5. The predicted molar refractivity (Wildman–Crippen MR) is 123 cm³/mol. The molecule has 168 valence electrons. The fourth-order valence-corrected chi connectivity index (χ4v) is 4.84. The average Bonchev–Trinajstić information content (AvgIpc) is 3.16. The molecule has 1 amide bonds. The van der Waals surface area contributed by atoms with Crippen molar-refractivity contribution in [2.24, 2.45) is 0 Å². The Morgan fingerprint density at radius 3 is 2.36 bits per heavy atom. The maximum absolute atomic E-state index is 13.0. The molecule has 1 saturated heterocycles. The van der Waals surface area contributed by atoms with Crippen molar-refractivity contribution in [3.63, 3.8) is 0 Å². The Labute approximate surface area is 192 Å². The number of likely N-dealkylation sites (N-methyl/N-ethyl adjacent to an activating group) is 1. The van der Waals surface area contributed by atoms with E-state index in [2.05, 4.69) is 34.1 Å². The molecule has 3 aromatic rings. The molecule has 7 heteroatoms. The standard InChI is InChI=1S/C26H25N3O4/c1-28-10-11-29(15-24(28)17-12-18(25(30)31)14-27-13-17)26(32)33-16-23-21-8-4-2-6-19(21)20-7-3-5-9-22(20)23/h2-9,12-14,23-24H,10-11,15-16H2,1H3,(H,30,31). The first-order valence-electron chi connectivity index (χ1n) is 11.0. The van der Waals surface area contributed by atoms with Crippen LogP contribution in [0.2, 0.25) is 0 Å². The molecule has 1 N–H and O–H groups in total. The van der Waals surface area contributed by atoms with E-state index in [0.29, 0.717) is 19.6 Å². The van der Waals surface area contributed by atoms with Crippen LogP contribution < -0.4 is 0 Å². The molecule has 0 saturated carbocycles. The number of amides is 1. The lowest BCUT2D eigenvalue weighted by Gasteiger charge is -2.39. The van der Waals surface area contributed by atoms with E-state index in [0.717, 1.165) is 5.56 Å². The van der Waals surface area contributed by atoms with Crippen LogP contribution >= 0.6 is 0 Å². The van der Waals surface area contributed by atoms with Crippen LogP contribution in [0.15, 0.2) is 67.0 Å². The smallest absolute Gasteiger partial charge is 0.409 e. The van der Waals surface area contributed by atoms with Crippen LogP contribution in [0.4, 0.5) is 4.79 Å². The zero-order valence-electron chi connectivity index (χ0n) is 18.3. The highest BCUT2D eigenvalue weighted by Gasteiger charge is 2.32. The lowest BCUT2D eigenvalue weighted by Crippen LogP contribution is -2.49. The van der Waals surface area contributed by atoms with Gasteiger partial charge in [-0.15, -0.1) is 0 Å². The summed E-state index contributed by atoms with van der Waals surface area (Å²) in [5.74, 6) is -1.00. The number of fused-ring (bicyclic) bond motifs is 3. The maximum atomic E-state index is 13.0. The van der Waals surface area contributed by atoms with Crippen LogP contribution in [0.25, 0.3) is 11.1 Å². The van der Waals surface area contributed by atoms with Gasteiger partial charge >= 0.3 is 12.1 Å². The summed E-state index contributed by atoms with van der Waals surface area (Å²) >= 11 is 0. The number of carbonyl (C=O) groups is 2. The van der Waals surface area contributed by atoms with Gasteiger partial charge in [-0.1, -0.05) is 48.5 Å². The van der Waals surface area contributed by atoms with Gasteiger partial charge in [0.1, 0.15) is 6.61 Å².